The maximum Gasteiger partial charge on any atom is 0.164 e. The first-order valence-corrected chi connectivity index (χ1v) is 23.9. The van der Waals surface area contributed by atoms with Crippen LogP contribution in [-0.4, -0.2) is 23.0 Å². The van der Waals surface area contributed by atoms with E-state index >= 15 is 0 Å². The standard InChI is InChI=1S/C55H43N3Si/c1-59(2,3)47-31-27-38(28-32-47)42-29-33-48-49-34-30-43(37-51(49)55(50(48)36-42,45-23-12-6-13-24-45)46-25-14-7-15-26-46)41-21-16-22-44(35-41)54-57-52(39-17-8-4-9-18-39)56-53(58-54)40-19-10-5-11-20-40/h4-37H,1-3H3. The molecule has 0 fully saturated rings. The third-order valence-electron chi connectivity index (χ3n) is 11.8. The smallest absolute Gasteiger partial charge is 0.164 e. The molecule has 9 aromatic rings. The van der Waals surface area contributed by atoms with Crippen LogP contribution < -0.4 is 5.19 Å². The lowest BCUT2D eigenvalue weighted by Crippen LogP contribution is -2.37. The molecule has 0 amide bonds. The lowest BCUT2D eigenvalue weighted by molar-refractivity contribution is 0.769. The average molecular weight is 774 g/mol. The largest absolute Gasteiger partial charge is 0.208 e. The number of aromatic nitrogens is 3. The van der Waals surface area contributed by atoms with Crippen LogP contribution in [0.3, 0.4) is 0 Å². The van der Waals surface area contributed by atoms with Gasteiger partial charge < -0.3 is 0 Å². The van der Waals surface area contributed by atoms with E-state index in [1.807, 2.05) is 60.7 Å². The summed E-state index contributed by atoms with van der Waals surface area (Å²) in [7, 11) is -1.43. The summed E-state index contributed by atoms with van der Waals surface area (Å²) in [6.45, 7) is 7.22. The van der Waals surface area contributed by atoms with Crippen LogP contribution in [0.1, 0.15) is 22.3 Å². The molecule has 0 spiro atoms. The minimum absolute atomic E-state index is 0.543. The summed E-state index contributed by atoms with van der Waals surface area (Å²) in [5.41, 5.74) is 14.6. The van der Waals surface area contributed by atoms with Gasteiger partial charge in [0.15, 0.2) is 17.5 Å². The molecule has 8 aromatic carbocycles. The van der Waals surface area contributed by atoms with E-state index < -0.39 is 13.5 Å². The molecule has 0 saturated carbocycles. The summed E-state index contributed by atoms with van der Waals surface area (Å²) >= 11 is 0. The summed E-state index contributed by atoms with van der Waals surface area (Å²) in [5.74, 6) is 1.94. The Hall–Kier alpha value is -7.01. The molecule has 1 aliphatic carbocycles. The van der Waals surface area contributed by atoms with Crippen LogP contribution in [0.5, 0.6) is 0 Å². The zero-order valence-electron chi connectivity index (χ0n) is 33.5. The SMILES string of the molecule is C[Si](C)(C)c1ccc(-c2ccc3c(c2)C(c2ccccc2)(c2ccccc2)c2cc(-c4cccc(-c5nc(-c6ccccc6)nc(-c6ccccc6)n5)c4)ccc2-3)cc1. The highest BCUT2D eigenvalue weighted by molar-refractivity contribution is 6.88. The van der Waals surface area contributed by atoms with Crippen molar-refractivity contribution in [2.75, 3.05) is 0 Å². The van der Waals surface area contributed by atoms with Crippen LogP contribution in [0.25, 0.3) is 67.5 Å². The number of benzene rings is 8. The Morgan fingerprint density at radius 3 is 1.17 bits per heavy atom. The molecule has 3 nitrogen and oxygen atoms in total. The summed E-state index contributed by atoms with van der Waals surface area (Å²) < 4.78 is 0. The minimum atomic E-state index is -1.43. The maximum absolute atomic E-state index is 5.05. The van der Waals surface area contributed by atoms with Gasteiger partial charge in [-0.25, -0.2) is 15.0 Å². The van der Waals surface area contributed by atoms with E-state index in [2.05, 4.69) is 165 Å². The van der Waals surface area contributed by atoms with Crippen molar-refractivity contribution in [2.45, 2.75) is 25.1 Å². The van der Waals surface area contributed by atoms with Gasteiger partial charge in [-0.15, -0.1) is 0 Å². The van der Waals surface area contributed by atoms with E-state index in [1.165, 1.54) is 49.7 Å². The first-order valence-electron chi connectivity index (χ1n) is 20.4. The van der Waals surface area contributed by atoms with E-state index in [0.717, 1.165) is 27.8 Å². The Balaban J connectivity index is 1.14. The lowest BCUT2D eigenvalue weighted by Gasteiger charge is -2.34. The van der Waals surface area contributed by atoms with E-state index in [0.29, 0.717) is 17.5 Å². The molecule has 1 aliphatic rings. The molecule has 0 saturated heterocycles. The van der Waals surface area contributed by atoms with Crippen molar-refractivity contribution in [1.82, 2.24) is 15.0 Å². The van der Waals surface area contributed by atoms with Crippen LogP contribution in [0.15, 0.2) is 206 Å². The Kier molecular flexibility index (Phi) is 9.07. The van der Waals surface area contributed by atoms with E-state index in [1.54, 1.807) is 0 Å². The normalized spacial score (nSPS) is 12.8. The van der Waals surface area contributed by atoms with Crippen LogP contribution >= 0.6 is 0 Å². The molecule has 10 rings (SSSR count). The van der Waals surface area contributed by atoms with Crippen molar-refractivity contribution in [3.63, 3.8) is 0 Å². The summed E-state index contributed by atoms with van der Waals surface area (Å²) in [6, 6.07) is 74.5. The Morgan fingerprint density at radius 2 is 0.695 bits per heavy atom. The fraction of sp³-hybridized carbons (Fsp3) is 0.0727. The zero-order chi connectivity index (χ0) is 40.0. The van der Waals surface area contributed by atoms with Crippen molar-refractivity contribution >= 4 is 13.3 Å². The second kappa shape index (κ2) is 14.7. The highest BCUT2D eigenvalue weighted by Crippen LogP contribution is 2.57. The topological polar surface area (TPSA) is 38.7 Å². The monoisotopic (exact) mass is 773 g/mol. The molecular formula is C55H43N3Si. The first kappa shape index (κ1) is 36.3. The van der Waals surface area contributed by atoms with Crippen molar-refractivity contribution in [2.24, 2.45) is 0 Å². The molecule has 0 atom stereocenters. The van der Waals surface area contributed by atoms with Gasteiger partial charge in [-0.05, 0) is 73.8 Å². The van der Waals surface area contributed by atoms with E-state index in [9.17, 15) is 0 Å². The molecule has 0 bridgehead atoms. The fourth-order valence-electron chi connectivity index (χ4n) is 8.79. The molecule has 0 N–H and O–H groups in total. The average Bonchev–Trinajstić information content (AvgIpc) is 3.59. The number of hydrogen-bond donors (Lipinski definition) is 0. The Morgan fingerprint density at radius 1 is 0.322 bits per heavy atom. The van der Waals surface area contributed by atoms with Crippen molar-refractivity contribution in [3.8, 4) is 67.5 Å². The predicted molar refractivity (Wildman–Crippen MR) is 247 cm³/mol. The molecule has 0 radical (unpaired) electrons. The molecule has 0 unspecified atom stereocenters. The Bertz CT molecular complexity index is 2840. The molecular weight excluding hydrogens is 731 g/mol. The maximum atomic E-state index is 5.05. The quantitative estimate of drug-likeness (QED) is 0.144. The molecule has 59 heavy (non-hydrogen) atoms. The van der Waals surface area contributed by atoms with Crippen LogP contribution in [0, 0.1) is 0 Å². The first-order chi connectivity index (χ1) is 28.9. The molecule has 1 heterocycles. The fourth-order valence-corrected chi connectivity index (χ4v) is 9.95. The van der Waals surface area contributed by atoms with E-state index in [4.69, 9.17) is 15.0 Å². The number of rotatable bonds is 8. The molecule has 1 aromatic heterocycles. The molecule has 0 aliphatic heterocycles. The van der Waals surface area contributed by atoms with Crippen molar-refractivity contribution < 1.29 is 0 Å². The predicted octanol–water partition coefficient (Wildman–Crippen LogP) is 13.1. The van der Waals surface area contributed by atoms with Crippen LogP contribution in [-0.2, 0) is 5.41 Å². The highest BCUT2D eigenvalue weighted by Gasteiger charge is 2.46. The van der Waals surface area contributed by atoms with Gasteiger partial charge in [0, 0.05) is 16.7 Å². The molecule has 282 valence electrons. The lowest BCUT2D eigenvalue weighted by atomic mass is 9.67. The van der Waals surface area contributed by atoms with Gasteiger partial charge >= 0.3 is 0 Å². The van der Waals surface area contributed by atoms with Gasteiger partial charge in [-0.2, -0.15) is 0 Å². The Labute approximate surface area is 347 Å². The van der Waals surface area contributed by atoms with Gasteiger partial charge in [-0.1, -0.05) is 213 Å². The van der Waals surface area contributed by atoms with Gasteiger partial charge in [0.2, 0.25) is 0 Å². The van der Waals surface area contributed by atoms with E-state index in [-0.39, 0.29) is 0 Å². The van der Waals surface area contributed by atoms with Crippen molar-refractivity contribution in [3.05, 3.63) is 229 Å². The van der Waals surface area contributed by atoms with Crippen LogP contribution in [0.2, 0.25) is 19.6 Å². The summed E-state index contributed by atoms with van der Waals surface area (Å²) in [5, 5.41) is 1.47. The van der Waals surface area contributed by atoms with Crippen molar-refractivity contribution in [1.29, 1.82) is 0 Å². The minimum Gasteiger partial charge on any atom is -0.208 e. The number of hydrogen-bond acceptors (Lipinski definition) is 3. The van der Waals surface area contributed by atoms with Gasteiger partial charge in [0.05, 0.1) is 13.5 Å². The summed E-state index contributed by atoms with van der Waals surface area (Å²) in [6.07, 6.45) is 0. The third-order valence-corrected chi connectivity index (χ3v) is 13.9. The number of fused-ring (bicyclic) bond motifs is 3. The third kappa shape index (κ3) is 6.52. The van der Waals surface area contributed by atoms with Gasteiger partial charge in [-0.3, -0.25) is 0 Å². The summed E-state index contributed by atoms with van der Waals surface area (Å²) in [4.78, 5) is 15.0. The molecule has 4 heteroatoms. The van der Waals surface area contributed by atoms with Gasteiger partial charge in [0.1, 0.15) is 0 Å². The van der Waals surface area contributed by atoms with Gasteiger partial charge in [0.25, 0.3) is 0 Å². The second-order valence-electron chi connectivity index (χ2n) is 16.4. The second-order valence-corrected chi connectivity index (χ2v) is 21.5. The zero-order valence-corrected chi connectivity index (χ0v) is 34.5. The highest BCUT2D eigenvalue weighted by atomic mass is 28.3. The van der Waals surface area contributed by atoms with Crippen LogP contribution in [0.4, 0.5) is 0 Å². The number of nitrogens with zero attached hydrogens (tertiary/aromatic N) is 3.